The number of benzene rings is 3. The van der Waals surface area contributed by atoms with Crippen molar-refractivity contribution in [3.8, 4) is 11.1 Å². The molecule has 0 saturated heterocycles. The molecule has 1 atom stereocenters. The van der Waals surface area contributed by atoms with E-state index < -0.39 is 21.8 Å². The molecule has 0 fully saturated rings. The molecule has 1 amide bonds. The zero-order valence-corrected chi connectivity index (χ0v) is 19.3. The summed E-state index contributed by atoms with van der Waals surface area (Å²) in [7, 11) is -3.32. The van der Waals surface area contributed by atoms with Crippen LogP contribution in [0.5, 0.6) is 0 Å². The minimum Gasteiger partial charge on any atom is -0.322 e. The van der Waals surface area contributed by atoms with E-state index in [2.05, 4.69) is 10.0 Å². The van der Waals surface area contributed by atoms with Gasteiger partial charge in [0.2, 0.25) is 10.0 Å². The normalized spacial score (nSPS) is 15.7. The highest BCUT2D eigenvalue weighted by Crippen LogP contribution is 2.33. The maximum absolute atomic E-state index is 13.2. The lowest BCUT2D eigenvalue weighted by atomic mass is 9.96. The largest absolute Gasteiger partial charge is 0.416 e. The number of amides is 1. The lowest BCUT2D eigenvalue weighted by molar-refractivity contribution is -0.137. The van der Waals surface area contributed by atoms with Crippen LogP contribution in [-0.4, -0.2) is 26.6 Å². The fourth-order valence-electron chi connectivity index (χ4n) is 4.22. The fraction of sp³-hybridized carbons (Fsp3) is 0.240. The summed E-state index contributed by atoms with van der Waals surface area (Å²) < 4.78 is 64.4. The van der Waals surface area contributed by atoms with E-state index in [1.54, 1.807) is 24.3 Å². The molecule has 0 aliphatic heterocycles. The number of carbonyl (C=O) groups is 1. The van der Waals surface area contributed by atoms with E-state index in [0.29, 0.717) is 35.2 Å². The number of alkyl halides is 3. The smallest absolute Gasteiger partial charge is 0.322 e. The molecule has 0 radical (unpaired) electrons. The van der Waals surface area contributed by atoms with Crippen LogP contribution in [0.1, 0.15) is 32.6 Å². The van der Waals surface area contributed by atoms with Crippen molar-refractivity contribution >= 4 is 21.6 Å². The van der Waals surface area contributed by atoms with E-state index in [9.17, 15) is 26.4 Å². The summed E-state index contributed by atoms with van der Waals surface area (Å²) in [6.45, 7) is 1.83. The Hall–Kier alpha value is -3.17. The number of halogens is 3. The molecular formula is C25H23F3N2O3S. The molecule has 3 aromatic carbocycles. The predicted octanol–water partition coefficient (Wildman–Crippen LogP) is 4.95. The lowest BCUT2D eigenvalue weighted by Gasteiger charge is -2.13. The number of fused-ring (bicyclic) bond motifs is 1. The summed E-state index contributed by atoms with van der Waals surface area (Å²) in [5.74, 6) is -0.387. The molecule has 1 unspecified atom stereocenters. The van der Waals surface area contributed by atoms with Crippen LogP contribution in [0.3, 0.4) is 0 Å². The van der Waals surface area contributed by atoms with Gasteiger partial charge in [-0.25, -0.2) is 13.1 Å². The molecule has 5 nitrogen and oxygen atoms in total. The van der Waals surface area contributed by atoms with Crippen LogP contribution < -0.4 is 10.0 Å². The number of anilines is 1. The Morgan fingerprint density at radius 2 is 1.62 bits per heavy atom. The van der Waals surface area contributed by atoms with Crippen molar-refractivity contribution in [3.63, 3.8) is 0 Å². The van der Waals surface area contributed by atoms with Crippen LogP contribution in [-0.2, 0) is 29.0 Å². The SMILES string of the molecule is Cc1ccc(-c2ccc(C(F)(F)F)cc2)c(C(=O)Nc2ccc3c(c2)CC(NS(C)(=O)=O)C3)c1. The van der Waals surface area contributed by atoms with Gasteiger partial charge in [0.25, 0.3) is 5.91 Å². The molecule has 4 rings (SSSR count). The van der Waals surface area contributed by atoms with Gasteiger partial charge in [-0.2, -0.15) is 13.2 Å². The third-order valence-corrected chi connectivity index (χ3v) is 6.48. The molecule has 178 valence electrons. The third kappa shape index (κ3) is 5.48. The molecule has 1 aliphatic rings. The van der Waals surface area contributed by atoms with Gasteiger partial charge in [0, 0.05) is 17.3 Å². The topological polar surface area (TPSA) is 75.3 Å². The van der Waals surface area contributed by atoms with Crippen molar-refractivity contribution in [2.75, 3.05) is 11.6 Å². The van der Waals surface area contributed by atoms with Crippen molar-refractivity contribution in [2.24, 2.45) is 0 Å². The van der Waals surface area contributed by atoms with Crippen molar-refractivity contribution in [3.05, 3.63) is 88.5 Å². The summed E-state index contributed by atoms with van der Waals surface area (Å²) in [4.78, 5) is 13.2. The van der Waals surface area contributed by atoms with Gasteiger partial charge >= 0.3 is 6.18 Å². The van der Waals surface area contributed by atoms with Crippen LogP contribution in [0.4, 0.5) is 18.9 Å². The molecule has 0 aromatic heterocycles. The molecule has 34 heavy (non-hydrogen) atoms. The van der Waals surface area contributed by atoms with E-state index in [1.165, 1.54) is 12.1 Å². The Kier molecular flexibility index (Phi) is 6.26. The number of carbonyl (C=O) groups excluding carboxylic acids is 1. The molecular weight excluding hydrogens is 465 g/mol. The van der Waals surface area contributed by atoms with Crippen molar-refractivity contribution in [1.82, 2.24) is 4.72 Å². The molecule has 9 heteroatoms. The Balaban J connectivity index is 1.57. The van der Waals surface area contributed by atoms with Gasteiger partial charge in [-0.15, -0.1) is 0 Å². The zero-order chi connectivity index (χ0) is 24.7. The first kappa shape index (κ1) is 24.0. The average Bonchev–Trinajstić information content (AvgIpc) is 3.12. The van der Waals surface area contributed by atoms with Gasteiger partial charge in [-0.1, -0.05) is 35.9 Å². The van der Waals surface area contributed by atoms with E-state index in [0.717, 1.165) is 35.1 Å². The summed E-state index contributed by atoms with van der Waals surface area (Å²) in [5, 5.41) is 2.87. The predicted molar refractivity (Wildman–Crippen MR) is 125 cm³/mol. The number of nitrogens with one attached hydrogen (secondary N) is 2. The highest BCUT2D eigenvalue weighted by Gasteiger charge is 2.30. The maximum atomic E-state index is 13.2. The monoisotopic (exact) mass is 488 g/mol. The quantitative estimate of drug-likeness (QED) is 0.534. The maximum Gasteiger partial charge on any atom is 0.416 e. The summed E-state index contributed by atoms with van der Waals surface area (Å²) in [6, 6.07) is 15.1. The average molecular weight is 489 g/mol. The van der Waals surface area contributed by atoms with Gasteiger partial charge in [-0.05, 0) is 72.4 Å². The number of hydrogen-bond donors (Lipinski definition) is 2. The van der Waals surface area contributed by atoms with E-state index >= 15 is 0 Å². The number of aryl methyl sites for hydroxylation is 1. The second-order valence-electron chi connectivity index (χ2n) is 8.56. The first-order valence-electron chi connectivity index (χ1n) is 10.6. The second kappa shape index (κ2) is 8.88. The lowest BCUT2D eigenvalue weighted by Crippen LogP contribution is -2.34. The number of rotatable bonds is 5. The van der Waals surface area contributed by atoms with Gasteiger partial charge in [0.15, 0.2) is 0 Å². The Morgan fingerprint density at radius 1 is 0.941 bits per heavy atom. The molecule has 0 saturated carbocycles. The van der Waals surface area contributed by atoms with Crippen LogP contribution in [0, 0.1) is 6.92 Å². The van der Waals surface area contributed by atoms with Gasteiger partial charge in [-0.3, -0.25) is 4.79 Å². The van der Waals surface area contributed by atoms with E-state index in [4.69, 9.17) is 0 Å². The van der Waals surface area contributed by atoms with Gasteiger partial charge < -0.3 is 5.32 Å². The molecule has 0 heterocycles. The van der Waals surface area contributed by atoms with E-state index in [-0.39, 0.29) is 11.9 Å². The van der Waals surface area contributed by atoms with Gasteiger partial charge in [0.1, 0.15) is 0 Å². The number of sulfonamides is 1. The minimum atomic E-state index is -4.44. The van der Waals surface area contributed by atoms with Crippen molar-refractivity contribution in [1.29, 1.82) is 0 Å². The first-order chi connectivity index (χ1) is 15.9. The van der Waals surface area contributed by atoms with Crippen molar-refractivity contribution in [2.45, 2.75) is 32.0 Å². The Morgan fingerprint density at radius 3 is 2.26 bits per heavy atom. The van der Waals surface area contributed by atoms with Gasteiger partial charge in [0.05, 0.1) is 11.8 Å². The Bertz CT molecular complexity index is 1350. The number of hydrogen-bond acceptors (Lipinski definition) is 3. The van der Waals surface area contributed by atoms with Crippen LogP contribution in [0.25, 0.3) is 11.1 Å². The summed E-state index contributed by atoms with van der Waals surface area (Å²) >= 11 is 0. The molecule has 0 spiro atoms. The standard InChI is InChI=1S/C25H23F3N2O3S/c1-15-3-10-22(16-4-7-19(8-5-16)25(26,27)28)23(11-15)24(31)29-20-9-6-17-12-21(14-18(17)13-20)30-34(2,32)33/h3-11,13,21,30H,12,14H2,1-2H3,(H,29,31). The highest BCUT2D eigenvalue weighted by molar-refractivity contribution is 7.88. The second-order valence-corrected chi connectivity index (χ2v) is 10.3. The molecule has 0 bridgehead atoms. The Labute approximate surface area is 196 Å². The summed E-state index contributed by atoms with van der Waals surface area (Å²) in [5.41, 5.74) is 3.98. The first-order valence-corrected chi connectivity index (χ1v) is 12.5. The van der Waals surface area contributed by atoms with Crippen LogP contribution in [0.2, 0.25) is 0 Å². The van der Waals surface area contributed by atoms with E-state index in [1.807, 2.05) is 19.1 Å². The summed E-state index contributed by atoms with van der Waals surface area (Å²) in [6.07, 6.45) is -2.22. The highest BCUT2D eigenvalue weighted by atomic mass is 32.2. The third-order valence-electron chi connectivity index (χ3n) is 5.72. The molecule has 2 N–H and O–H groups in total. The minimum absolute atomic E-state index is 0.223. The van der Waals surface area contributed by atoms with Crippen LogP contribution in [0.15, 0.2) is 60.7 Å². The van der Waals surface area contributed by atoms with Crippen LogP contribution >= 0.6 is 0 Å². The molecule has 1 aliphatic carbocycles. The zero-order valence-electron chi connectivity index (χ0n) is 18.5. The molecule has 3 aromatic rings. The fourth-order valence-corrected chi connectivity index (χ4v) is 4.99. The van der Waals surface area contributed by atoms with Crippen molar-refractivity contribution < 1.29 is 26.4 Å².